The molecule has 0 aromatic heterocycles. The minimum Gasteiger partial charge on any atom is -0.872 e. The minimum atomic E-state index is -1.18. The maximum atomic E-state index is 10.7. The SMILES string of the molecule is Cl.O=C(O)c1ccccc1[O-]. The molecule has 4 heteroatoms. The molecule has 0 aliphatic heterocycles. The van der Waals surface area contributed by atoms with Gasteiger partial charge in [-0.05, 0) is 6.07 Å². The van der Waals surface area contributed by atoms with Crippen LogP contribution in [0.2, 0.25) is 0 Å². The summed E-state index contributed by atoms with van der Waals surface area (Å²) in [6, 6.07) is 5.54. The Balaban J connectivity index is 0.000001000. The van der Waals surface area contributed by atoms with Gasteiger partial charge in [0, 0.05) is 0 Å². The number of carbonyl (C=O) groups is 1. The highest BCUT2D eigenvalue weighted by atomic mass is 35.5. The van der Waals surface area contributed by atoms with Crippen molar-refractivity contribution >= 4 is 18.4 Å². The number of halogens is 1. The van der Waals surface area contributed by atoms with Gasteiger partial charge < -0.3 is 10.2 Å². The van der Waals surface area contributed by atoms with Gasteiger partial charge in [0.05, 0.1) is 5.56 Å². The number of aromatic carboxylic acids is 1. The van der Waals surface area contributed by atoms with Gasteiger partial charge in [-0.2, -0.15) is 0 Å². The zero-order valence-electron chi connectivity index (χ0n) is 5.48. The monoisotopic (exact) mass is 173 g/mol. The smallest absolute Gasteiger partial charge is 0.335 e. The summed E-state index contributed by atoms with van der Waals surface area (Å²) in [5.41, 5.74) is -0.178. The van der Waals surface area contributed by atoms with Crippen molar-refractivity contribution in [3.05, 3.63) is 29.8 Å². The fraction of sp³-hybridized carbons (Fsp3) is 0. The summed E-state index contributed by atoms with van der Waals surface area (Å²) in [5.74, 6) is -1.62. The van der Waals surface area contributed by atoms with Gasteiger partial charge in [-0.25, -0.2) is 4.79 Å². The molecule has 0 unspecified atom stereocenters. The van der Waals surface area contributed by atoms with Gasteiger partial charge in [-0.15, -0.1) is 12.4 Å². The predicted molar refractivity (Wildman–Crippen MR) is 40.1 cm³/mol. The van der Waals surface area contributed by atoms with Crippen molar-refractivity contribution < 1.29 is 15.0 Å². The normalized spacial score (nSPS) is 8.36. The van der Waals surface area contributed by atoms with Gasteiger partial charge in [-0.1, -0.05) is 23.9 Å². The van der Waals surface area contributed by atoms with Gasteiger partial charge in [0.15, 0.2) is 0 Å². The number of carboxylic acids is 1. The van der Waals surface area contributed by atoms with E-state index in [0.29, 0.717) is 0 Å². The van der Waals surface area contributed by atoms with E-state index in [1.54, 1.807) is 0 Å². The first-order valence-corrected chi connectivity index (χ1v) is 2.71. The van der Waals surface area contributed by atoms with Crippen LogP contribution in [0, 0.1) is 0 Å². The number of rotatable bonds is 1. The fourth-order valence-electron chi connectivity index (χ4n) is 0.643. The van der Waals surface area contributed by atoms with Crippen molar-refractivity contribution in [3.63, 3.8) is 0 Å². The van der Waals surface area contributed by atoms with E-state index in [2.05, 4.69) is 0 Å². The van der Waals surface area contributed by atoms with E-state index in [4.69, 9.17) is 5.11 Å². The highest BCUT2D eigenvalue weighted by molar-refractivity contribution is 5.90. The van der Waals surface area contributed by atoms with Crippen LogP contribution in [-0.2, 0) is 0 Å². The fourth-order valence-corrected chi connectivity index (χ4v) is 0.643. The van der Waals surface area contributed by atoms with Crippen LogP contribution >= 0.6 is 12.4 Å². The number of carboxylic acid groups (broad SMARTS) is 1. The molecule has 0 aliphatic carbocycles. The van der Waals surface area contributed by atoms with Crippen LogP contribution in [0.5, 0.6) is 5.75 Å². The minimum absolute atomic E-state index is 0. The second-order valence-corrected chi connectivity index (χ2v) is 1.80. The maximum Gasteiger partial charge on any atom is 0.335 e. The Morgan fingerprint density at radius 2 is 1.91 bits per heavy atom. The van der Waals surface area contributed by atoms with Gasteiger partial charge in [0.2, 0.25) is 0 Å². The Morgan fingerprint density at radius 1 is 1.36 bits per heavy atom. The summed E-state index contributed by atoms with van der Waals surface area (Å²) in [7, 11) is 0. The standard InChI is InChI=1S/C7H6O3.ClH/c8-6-4-2-1-3-5(6)7(9)10;/h1-4,8H,(H,9,10);1H/p-1. The molecule has 11 heavy (non-hydrogen) atoms. The first-order chi connectivity index (χ1) is 4.72. The lowest BCUT2D eigenvalue weighted by atomic mass is 10.2. The number of hydrogen-bond acceptors (Lipinski definition) is 2. The molecule has 1 rings (SSSR count). The Hall–Kier alpha value is -1.22. The number of para-hydroxylation sites is 1. The molecule has 0 heterocycles. The number of hydrogen-bond donors (Lipinski definition) is 1. The molecule has 0 aliphatic rings. The molecule has 0 bridgehead atoms. The van der Waals surface area contributed by atoms with Crippen molar-refractivity contribution in [1.29, 1.82) is 0 Å². The topological polar surface area (TPSA) is 60.4 Å². The first-order valence-electron chi connectivity index (χ1n) is 2.71. The molecule has 0 fully saturated rings. The highest BCUT2D eigenvalue weighted by Crippen LogP contribution is 2.10. The Morgan fingerprint density at radius 3 is 2.27 bits per heavy atom. The zero-order chi connectivity index (χ0) is 7.56. The Labute approximate surface area is 69.7 Å². The maximum absolute atomic E-state index is 10.7. The van der Waals surface area contributed by atoms with Crippen LogP contribution in [0.4, 0.5) is 0 Å². The quantitative estimate of drug-likeness (QED) is 0.686. The van der Waals surface area contributed by atoms with Crippen LogP contribution < -0.4 is 5.11 Å². The van der Waals surface area contributed by atoms with E-state index < -0.39 is 11.7 Å². The zero-order valence-corrected chi connectivity index (χ0v) is 6.30. The van der Waals surface area contributed by atoms with E-state index >= 15 is 0 Å². The van der Waals surface area contributed by atoms with Crippen molar-refractivity contribution in [2.24, 2.45) is 0 Å². The molecule has 3 nitrogen and oxygen atoms in total. The van der Waals surface area contributed by atoms with Crippen LogP contribution in [0.25, 0.3) is 0 Å². The number of benzene rings is 1. The average Bonchev–Trinajstić information content (AvgIpc) is 1.88. The molecule has 0 saturated carbocycles. The third-order valence-corrected chi connectivity index (χ3v) is 1.12. The van der Waals surface area contributed by atoms with E-state index in [9.17, 15) is 9.90 Å². The summed E-state index contributed by atoms with van der Waals surface area (Å²) in [6.45, 7) is 0. The summed E-state index contributed by atoms with van der Waals surface area (Å²) in [5, 5.41) is 19.0. The molecule has 0 saturated heterocycles. The van der Waals surface area contributed by atoms with Gasteiger partial charge >= 0.3 is 5.97 Å². The predicted octanol–water partition coefficient (Wildman–Crippen LogP) is 0.880. The van der Waals surface area contributed by atoms with Gasteiger partial charge in [0.25, 0.3) is 0 Å². The lowest BCUT2D eigenvalue weighted by Gasteiger charge is -2.07. The second kappa shape index (κ2) is 3.83. The molecule has 0 atom stereocenters. The van der Waals surface area contributed by atoms with Crippen LogP contribution in [0.3, 0.4) is 0 Å². The summed E-state index contributed by atoms with van der Waals surface area (Å²) >= 11 is 0. The van der Waals surface area contributed by atoms with Crippen molar-refractivity contribution in [2.45, 2.75) is 0 Å². The summed E-state index contributed by atoms with van der Waals surface area (Å²) in [6.07, 6.45) is 0. The Kier molecular flexibility index (Phi) is 3.40. The third-order valence-electron chi connectivity index (χ3n) is 1.12. The Bertz CT molecular complexity index is 260. The van der Waals surface area contributed by atoms with Crippen molar-refractivity contribution in [2.75, 3.05) is 0 Å². The highest BCUT2D eigenvalue weighted by Gasteiger charge is 1.99. The molecule has 1 aromatic rings. The molecule has 1 aromatic carbocycles. The van der Waals surface area contributed by atoms with E-state index in [1.165, 1.54) is 24.3 Å². The molecule has 0 amide bonds. The molecule has 1 N–H and O–H groups in total. The average molecular weight is 174 g/mol. The lowest BCUT2D eigenvalue weighted by molar-refractivity contribution is -0.268. The van der Waals surface area contributed by atoms with Crippen molar-refractivity contribution in [1.82, 2.24) is 0 Å². The van der Waals surface area contributed by atoms with E-state index in [1.807, 2.05) is 0 Å². The molecular weight excluding hydrogens is 168 g/mol. The van der Waals surface area contributed by atoms with Crippen LogP contribution in [-0.4, -0.2) is 11.1 Å². The van der Waals surface area contributed by atoms with Crippen LogP contribution in [0.15, 0.2) is 24.3 Å². The molecule has 0 spiro atoms. The summed E-state index contributed by atoms with van der Waals surface area (Å²) < 4.78 is 0. The molecular formula is C7H6ClO3-. The van der Waals surface area contributed by atoms with Crippen molar-refractivity contribution in [3.8, 4) is 5.75 Å². The van der Waals surface area contributed by atoms with E-state index in [0.717, 1.165) is 0 Å². The van der Waals surface area contributed by atoms with Crippen LogP contribution in [0.1, 0.15) is 10.4 Å². The summed E-state index contributed by atoms with van der Waals surface area (Å²) in [4.78, 5) is 10.2. The van der Waals surface area contributed by atoms with Gasteiger partial charge in [0.1, 0.15) is 0 Å². The van der Waals surface area contributed by atoms with Gasteiger partial charge in [-0.3, -0.25) is 0 Å². The lowest BCUT2D eigenvalue weighted by Crippen LogP contribution is -2.02. The second-order valence-electron chi connectivity index (χ2n) is 1.80. The largest absolute Gasteiger partial charge is 0.872 e. The third kappa shape index (κ3) is 2.13. The first kappa shape index (κ1) is 9.78. The molecule has 0 radical (unpaired) electrons. The molecule has 60 valence electrons. The van der Waals surface area contributed by atoms with E-state index in [-0.39, 0.29) is 18.0 Å².